The highest BCUT2D eigenvalue weighted by molar-refractivity contribution is 6.30. The van der Waals surface area contributed by atoms with Gasteiger partial charge in [-0.25, -0.2) is 4.98 Å². The second-order valence-electron chi connectivity index (χ2n) is 7.22. The number of nitrogens with zero attached hydrogens (tertiary/aromatic N) is 2. The van der Waals surface area contributed by atoms with Gasteiger partial charge in [0.25, 0.3) is 0 Å². The molecule has 0 spiro atoms. The van der Waals surface area contributed by atoms with E-state index in [1.165, 1.54) is 11.8 Å². The molecule has 1 aromatic carbocycles. The summed E-state index contributed by atoms with van der Waals surface area (Å²) in [5, 5.41) is 1.82. The van der Waals surface area contributed by atoms with E-state index in [1.807, 2.05) is 18.2 Å². The van der Waals surface area contributed by atoms with Crippen LogP contribution in [0.1, 0.15) is 32.8 Å². The summed E-state index contributed by atoms with van der Waals surface area (Å²) in [6, 6.07) is 10.3. The first-order valence-electron chi connectivity index (χ1n) is 7.70. The molecule has 2 aromatic rings. The third kappa shape index (κ3) is 3.22. The van der Waals surface area contributed by atoms with Crippen LogP contribution in [0.25, 0.3) is 10.9 Å². The second-order valence-corrected chi connectivity index (χ2v) is 7.58. The van der Waals surface area contributed by atoms with Gasteiger partial charge in [0.05, 0.1) is 5.52 Å². The van der Waals surface area contributed by atoms with Crippen LogP contribution in [0.15, 0.2) is 30.3 Å². The molecule has 1 saturated heterocycles. The first-order valence-corrected chi connectivity index (χ1v) is 8.08. The zero-order valence-electron chi connectivity index (χ0n) is 13.1. The lowest BCUT2D eigenvalue weighted by Gasteiger charge is -2.27. The van der Waals surface area contributed by atoms with Crippen molar-refractivity contribution in [2.45, 2.75) is 33.7 Å². The first kappa shape index (κ1) is 14.8. The maximum atomic E-state index is 6.37. The standard InChI is InChI=1S/C18H23ClN2/c1-18(2,3)15-8-9-21(12-15)11-14-10-13-6-4-5-7-16(13)20-17(14)19/h4-7,10,15H,8-9,11-12H2,1-3H3. The molecule has 0 bridgehead atoms. The van der Waals surface area contributed by atoms with Gasteiger partial charge < -0.3 is 0 Å². The molecule has 0 N–H and O–H groups in total. The summed E-state index contributed by atoms with van der Waals surface area (Å²) in [7, 11) is 0. The van der Waals surface area contributed by atoms with Crippen molar-refractivity contribution in [2.24, 2.45) is 11.3 Å². The van der Waals surface area contributed by atoms with Crippen molar-refractivity contribution in [3.8, 4) is 0 Å². The highest BCUT2D eigenvalue weighted by Gasteiger charge is 2.31. The van der Waals surface area contributed by atoms with Crippen LogP contribution in [0.3, 0.4) is 0 Å². The monoisotopic (exact) mass is 302 g/mol. The fourth-order valence-corrected chi connectivity index (χ4v) is 3.38. The van der Waals surface area contributed by atoms with Gasteiger partial charge in [-0.1, -0.05) is 50.6 Å². The molecule has 1 aliphatic rings. The molecular weight excluding hydrogens is 280 g/mol. The molecule has 1 fully saturated rings. The van der Waals surface area contributed by atoms with E-state index in [1.54, 1.807) is 0 Å². The number of likely N-dealkylation sites (tertiary alicyclic amines) is 1. The van der Waals surface area contributed by atoms with Crippen molar-refractivity contribution in [2.75, 3.05) is 13.1 Å². The van der Waals surface area contributed by atoms with Gasteiger partial charge in [0.1, 0.15) is 5.15 Å². The third-order valence-corrected chi connectivity index (χ3v) is 4.97. The maximum Gasteiger partial charge on any atom is 0.134 e. The molecule has 112 valence electrons. The van der Waals surface area contributed by atoms with E-state index in [0.29, 0.717) is 10.6 Å². The summed E-state index contributed by atoms with van der Waals surface area (Å²) >= 11 is 6.37. The molecule has 2 nitrogen and oxygen atoms in total. The van der Waals surface area contributed by atoms with E-state index in [9.17, 15) is 0 Å². The van der Waals surface area contributed by atoms with Crippen molar-refractivity contribution >= 4 is 22.5 Å². The minimum absolute atomic E-state index is 0.389. The summed E-state index contributed by atoms with van der Waals surface area (Å²) in [4.78, 5) is 7.03. The van der Waals surface area contributed by atoms with Crippen LogP contribution < -0.4 is 0 Å². The van der Waals surface area contributed by atoms with E-state index in [0.717, 1.165) is 36.6 Å². The Labute approximate surface area is 132 Å². The van der Waals surface area contributed by atoms with E-state index in [4.69, 9.17) is 11.6 Å². The number of halogens is 1. The fraction of sp³-hybridized carbons (Fsp3) is 0.500. The Morgan fingerprint density at radius 1 is 1.29 bits per heavy atom. The lowest BCUT2D eigenvalue weighted by molar-refractivity contribution is 0.226. The molecular formula is C18H23ClN2. The number of rotatable bonds is 2. The number of pyridine rings is 1. The molecule has 3 rings (SSSR count). The van der Waals surface area contributed by atoms with Crippen LogP contribution in [0.4, 0.5) is 0 Å². The number of aromatic nitrogens is 1. The minimum atomic E-state index is 0.389. The predicted octanol–water partition coefficient (Wildman–Crippen LogP) is 4.76. The molecule has 0 radical (unpaired) electrons. The maximum absolute atomic E-state index is 6.37. The van der Waals surface area contributed by atoms with Crippen LogP contribution >= 0.6 is 11.6 Å². The molecule has 21 heavy (non-hydrogen) atoms. The molecule has 3 heteroatoms. The van der Waals surface area contributed by atoms with Crippen LogP contribution in [-0.4, -0.2) is 23.0 Å². The van der Waals surface area contributed by atoms with E-state index < -0.39 is 0 Å². The van der Waals surface area contributed by atoms with Gasteiger partial charge in [-0.15, -0.1) is 0 Å². The average molecular weight is 303 g/mol. The number of hydrogen-bond donors (Lipinski definition) is 0. The highest BCUT2D eigenvalue weighted by Crippen LogP contribution is 2.34. The Bertz CT molecular complexity index is 645. The van der Waals surface area contributed by atoms with Gasteiger partial charge in [-0.05, 0) is 36.4 Å². The lowest BCUT2D eigenvalue weighted by atomic mass is 9.80. The van der Waals surface area contributed by atoms with E-state index in [2.05, 4.69) is 42.8 Å². The lowest BCUT2D eigenvalue weighted by Crippen LogP contribution is -2.25. The SMILES string of the molecule is CC(C)(C)C1CCN(Cc2cc3ccccc3nc2Cl)C1. The van der Waals surface area contributed by atoms with Crippen molar-refractivity contribution < 1.29 is 0 Å². The average Bonchev–Trinajstić information content (AvgIpc) is 2.88. The highest BCUT2D eigenvalue weighted by atomic mass is 35.5. The van der Waals surface area contributed by atoms with Gasteiger partial charge in [-0.3, -0.25) is 4.90 Å². The van der Waals surface area contributed by atoms with Gasteiger partial charge in [0.2, 0.25) is 0 Å². The van der Waals surface area contributed by atoms with Gasteiger partial charge >= 0.3 is 0 Å². The zero-order valence-corrected chi connectivity index (χ0v) is 13.8. The molecule has 1 atom stereocenters. The van der Waals surface area contributed by atoms with Crippen molar-refractivity contribution in [3.63, 3.8) is 0 Å². The Hall–Kier alpha value is -1.12. The quantitative estimate of drug-likeness (QED) is 0.744. The van der Waals surface area contributed by atoms with Crippen LogP contribution in [-0.2, 0) is 6.54 Å². The molecule has 0 amide bonds. The molecule has 0 saturated carbocycles. The third-order valence-electron chi connectivity index (χ3n) is 4.64. The number of para-hydroxylation sites is 1. The van der Waals surface area contributed by atoms with Crippen LogP contribution in [0.2, 0.25) is 5.15 Å². The zero-order chi connectivity index (χ0) is 15.0. The Kier molecular flexibility index (Phi) is 3.94. The van der Waals surface area contributed by atoms with E-state index in [-0.39, 0.29) is 0 Å². The van der Waals surface area contributed by atoms with Crippen LogP contribution in [0, 0.1) is 11.3 Å². The first-order chi connectivity index (χ1) is 9.93. The summed E-state index contributed by atoms with van der Waals surface area (Å²) in [6.45, 7) is 10.2. The Balaban J connectivity index is 1.78. The molecule has 0 aliphatic carbocycles. The van der Waals surface area contributed by atoms with E-state index >= 15 is 0 Å². The molecule has 1 aromatic heterocycles. The largest absolute Gasteiger partial charge is 0.299 e. The molecule has 2 heterocycles. The molecule has 1 unspecified atom stereocenters. The van der Waals surface area contributed by atoms with Crippen molar-refractivity contribution in [1.82, 2.24) is 9.88 Å². The van der Waals surface area contributed by atoms with Crippen molar-refractivity contribution in [1.29, 1.82) is 0 Å². The second kappa shape index (κ2) is 5.58. The number of benzene rings is 1. The predicted molar refractivity (Wildman–Crippen MR) is 89.6 cm³/mol. The van der Waals surface area contributed by atoms with Crippen molar-refractivity contribution in [3.05, 3.63) is 41.0 Å². The summed E-state index contributed by atoms with van der Waals surface area (Å²) in [5.74, 6) is 0.768. The Morgan fingerprint density at radius 2 is 2.05 bits per heavy atom. The van der Waals surface area contributed by atoms with Crippen LogP contribution in [0.5, 0.6) is 0 Å². The smallest absolute Gasteiger partial charge is 0.134 e. The topological polar surface area (TPSA) is 16.1 Å². The van der Waals surface area contributed by atoms with Gasteiger partial charge in [-0.2, -0.15) is 0 Å². The number of fused-ring (bicyclic) bond motifs is 1. The summed E-state index contributed by atoms with van der Waals surface area (Å²) < 4.78 is 0. The fourth-order valence-electron chi connectivity index (χ4n) is 3.17. The summed E-state index contributed by atoms with van der Waals surface area (Å²) in [5.41, 5.74) is 2.50. The minimum Gasteiger partial charge on any atom is -0.299 e. The normalized spacial score (nSPS) is 20.3. The van der Waals surface area contributed by atoms with Gasteiger partial charge in [0, 0.05) is 24.0 Å². The molecule has 1 aliphatic heterocycles. The Morgan fingerprint density at radius 3 is 2.76 bits per heavy atom. The number of hydrogen-bond acceptors (Lipinski definition) is 2. The summed E-state index contributed by atoms with van der Waals surface area (Å²) in [6.07, 6.45) is 1.28. The van der Waals surface area contributed by atoms with Gasteiger partial charge in [0.15, 0.2) is 0 Å².